The zero-order chi connectivity index (χ0) is 14.0. The summed E-state index contributed by atoms with van der Waals surface area (Å²) < 4.78 is 4.98. The Labute approximate surface area is 124 Å². The van der Waals surface area contributed by atoms with Gasteiger partial charge < -0.3 is 15.8 Å². The number of hydrogen-bond donors (Lipinski definition) is 3. The maximum absolute atomic E-state index is 12.0. The molecule has 2 rings (SSSR count). The van der Waals surface area contributed by atoms with Gasteiger partial charge in [-0.05, 0) is 6.42 Å². The van der Waals surface area contributed by atoms with E-state index in [1.807, 2.05) is 0 Å². The summed E-state index contributed by atoms with van der Waals surface area (Å²) in [5.41, 5.74) is 5.53. The molecule has 2 heterocycles. The molecule has 4 N–H and O–H groups in total. The van der Waals surface area contributed by atoms with E-state index in [0.29, 0.717) is 0 Å². The van der Waals surface area contributed by atoms with Crippen LogP contribution in [0, 0.1) is 0 Å². The Hall–Kier alpha value is -1.87. The quantitative estimate of drug-likeness (QED) is 0.656. The summed E-state index contributed by atoms with van der Waals surface area (Å²) in [4.78, 5) is 38.3. The second-order valence-corrected chi connectivity index (χ2v) is 4.86. The number of nitrogen functional groups attached to an aromatic ring is 1. The average Bonchev–Trinajstić information content (AvgIpc) is 2.74. The highest BCUT2D eigenvalue weighted by molar-refractivity contribution is 7.17. The van der Waals surface area contributed by atoms with Crippen molar-refractivity contribution in [3.05, 3.63) is 5.69 Å². The number of ether oxygens (including phenoxy) is 1. The number of imide groups is 1. The van der Waals surface area contributed by atoms with Gasteiger partial charge in [0.25, 0.3) is 5.91 Å². The fourth-order valence-electron chi connectivity index (χ4n) is 1.66. The summed E-state index contributed by atoms with van der Waals surface area (Å²) in [6, 6.07) is -0.752. The van der Waals surface area contributed by atoms with E-state index in [0.717, 1.165) is 11.3 Å². The van der Waals surface area contributed by atoms with Crippen molar-refractivity contribution in [2.24, 2.45) is 0 Å². The summed E-state index contributed by atoms with van der Waals surface area (Å²) in [6.45, 7) is 0. The average molecular weight is 321 g/mol. The maximum atomic E-state index is 12.0. The van der Waals surface area contributed by atoms with Crippen molar-refractivity contribution in [1.82, 2.24) is 15.6 Å². The van der Waals surface area contributed by atoms with Crippen molar-refractivity contribution in [3.8, 4) is 5.06 Å². The molecular formula is C10H13ClN4O4S. The van der Waals surface area contributed by atoms with Crippen molar-refractivity contribution in [1.29, 1.82) is 0 Å². The van der Waals surface area contributed by atoms with Gasteiger partial charge >= 0.3 is 0 Å². The van der Waals surface area contributed by atoms with Gasteiger partial charge in [-0.15, -0.1) is 12.4 Å². The van der Waals surface area contributed by atoms with Crippen LogP contribution in [0.3, 0.4) is 0 Å². The Kier molecular flexibility index (Phi) is 5.28. The lowest BCUT2D eigenvalue weighted by molar-refractivity contribution is -0.134. The predicted octanol–water partition coefficient (Wildman–Crippen LogP) is -0.309. The molecule has 8 nitrogen and oxygen atoms in total. The van der Waals surface area contributed by atoms with Crippen LogP contribution in [-0.2, 0) is 9.59 Å². The monoisotopic (exact) mass is 320 g/mol. The molecule has 1 saturated heterocycles. The lowest BCUT2D eigenvalue weighted by Crippen LogP contribution is -2.52. The van der Waals surface area contributed by atoms with Gasteiger partial charge in [-0.25, -0.2) is 4.98 Å². The maximum Gasteiger partial charge on any atom is 0.275 e. The van der Waals surface area contributed by atoms with Gasteiger partial charge in [0.05, 0.1) is 7.11 Å². The van der Waals surface area contributed by atoms with Gasteiger partial charge in [-0.2, -0.15) is 0 Å². The van der Waals surface area contributed by atoms with Gasteiger partial charge in [0.2, 0.25) is 16.9 Å². The first-order chi connectivity index (χ1) is 9.01. The molecule has 1 aliphatic heterocycles. The molecule has 1 atom stereocenters. The third-order valence-electron chi connectivity index (χ3n) is 2.56. The van der Waals surface area contributed by atoms with Crippen LogP contribution in [0.5, 0.6) is 5.06 Å². The Morgan fingerprint density at radius 3 is 2.85 bits per heavy atom. The molecule has 0 aromatic carbocycles. The van der Waals surface area contributed by atoms with Gasteiger partial charge in [0.1, 0.15) is 6.04 Å². The standard InChI is InChI=1S/C10H12N4O4S.ClH/c1-18-9-6(14-10(11)19-9)8(17)12-4-2-3-5(15)13-7(4)16;/h4H,2-3H2,1H3,(H2,11,14)(H,12,17)(H,13,15,16);1H. The summed E-state index contributed by atoms with van der Waals surface area (Å²) in [6.07, 6.45) is 0.450. The number of amides is 3. The molecule has 20 heavy (non-hydrogen) atoms. The van der Waals surface area contributed by atoms with Crippen LogP contribution in [0.25, 0.3) is 0 Å². The molecule has 1 aromatic rings. The number of thiazole rings is 1. The summed E-state index contributed by atoms with van der Waals surface area (Å²) >= 11 is 1.03. The number of aromatic nitrogens is 1. The van der Waals surface area contributed by atoms with E-state index in [-0.39, 0.29) is 47.0 Å². The Morgan fingerprint density at radius 2 is 2.25 bits per heavy atom. The van der Waals surface area contributed by atoms with Gasteiger partial charge in [-0.1, -0.05) is 11.3 Å². The second kappa shape index (κ2) is 6.53. The predicted molar refractivity (Wildman–Crippen MR) is 74.0 cm³/mol. The minimum atomic E-state index is -0.752. The number of halogens is 1. The lowest BCUT2D eigenvalue weighted by atomic mass is 10.1. The number of nitrogens with one attached hydrogen (secondary N) is 2. The summed E-state index contributed by atoms with van der Waals surface area (Å²) in [7, 11) is 1.40. The van der Waals surface area contributed by atoms with Crippen LogP contribution < -0.4 is 21.1 Å². The summed E-state index contributed by atoms with van der Waals surface area (Å²) in [5, 5.41) is 5.13. The first-order valence-corrected chi connectivity index (χ1v) is 6.27. The van der Waals surface area contributed by atoms with Crippen molar-refractivity contribution in [3.63, 3.8) is 0 Å². The lowest BCUT2D eigenvalue weighted by Gasteiger charge is -2.21. The van der Waals surface area contributed by atoms with Gasteiger partial charge in [0, 0.05) is 6.42 Å². The topological polar surface area (TPSA) is 123 Å². The minimum absolute atomic E-state index is 0. The molecule has 1 fully saturated rings. The number of hydrogen-bond acceptors (Lipinski definition) is 7. The van der Waals surface area contributed by atoms with Gasteiger partial charge in [0.15, 0.2) is 10.8 Å². The van der Waals surface area contributed by atoms with Crippen LogP contribution >= 0.6 is 23.7 Å². The molecule has 1 aromatic heterocycles. The van der Waals surface area contributed by atoms with Crippen molar-refractivity contribution >= 4 is 46.6 Å². The molecule has 0 radical (unpaired) electrons. The van der Waals surface area contributed by atoms with Crippen LogP contribution in [-0.4, -0.2) is 35.9 Å². The molecule has 0 bridgehead atoms. The number of rotatable bonds is 3. The van der Waals surface area contributed by atoms with E-state index in [1.165, 1.54) is 7.11 Å². The molecule has 10 heteroatoms. The molecular weight excluding hydrogens is 308 g/mol. The van der Waals surface area contributed by atoms with Gasteiger partial charge in [-0.3, -0.25) is 19.7 Å². The van der Waals surface area contributed by atoms with E-state index < -0.39 is 17.9 Å². The molecule has 3 amide bonds. The fourth-order valence-corrected chi connectivity index (χ4v) is 2.31. The Bertz CT molecular complexity index is 547. The first kappa shape index (κ1) is 16.2. The first-order valence-electron chi connectivity index (χ1n) is 5.46. The van der Waals surface area contributed by atoms with Crippen molar-refractivity contribution in [2.45, 2.75) is 18.9 Å². The number of nitrogens with two attached hydrogens (primary N) is 1. The molecule has 0 spiro atoms. The fraction of sp³-hybridized carbons (Fsp3) is 0.400. The van der Waals surface area contributed by atoms with Crippen LogP contribution in [0.2, 0.25) is 0 Å². The van der Waals surface area contributed by atoms with Crippen molar-refractivity contribution < 1.29 is 19.1 Å². The smallest absolute Gasteiger partial charge is 0.275 e. The van der Waals surface area contributed by atoms with E-state index in [2.05, 4.69) is 15.6 Å². The number of anilines is 1. The number of methoxy groups -OCH3 is 1. The minimum Gasteiger partial charge on any atom is -0.485 e. The highest BCUT2D eigenvalue weighted by Crippen LogP contribution is 2.28. The highest BCUT2D eigenvalue weighted by atomic mass is 35.5. The van der Waals surface area contributed by atoms with E-state index >= 15 is 0 Å². The third-order valence-corrected chi connectivity index (χ3v) is 3.40. The second-order valence-electron chi connectivity index (χ2n) is 3.87. The number of nitrogens with zero attached hydrogens (tertiary/aromatic N) is 1. The Morgan fingerprint density at radius 1 is 1.55 bits per heavy atom. The third kappa shape index (κ3) is 3.36. The zero-order valence-electron chi connectivity index (χ0n) is 10.5. The van der Waals surface area contributed by atoms with E-state index in [4.69, 9.17) is 10.5 Å². The highest BCUT2D eigenvalue weighted by Gasteiger charge is 2.29. The Balaban J connectivity index is 0.00000200. The number of piperidine rings is 1. The number of carbonyl (C=O) groups is 3. The normalized spacial score (nSPS) is 17.9. The van der Waals surface area contributed by atoms with Crippen molar-refractivity contribution in [2.75, 3.05) is 12.8 Å². The summed E-state index contributed by atoms with van der Waals surface area (Å²) in [5.74, 6) is -1.42. The zero-order valence-corrected chi connectivity index (χ0v) is 12.1. The molecule has 1 unspecified atom stereocenters. The molecule has 0 aliphatic carbocycles. The molecule has 1 aliphatic rings. The van der Waals surface area contributed by atoms with Crippen LogP contribution in [0.4, 0.5) is 5.13 Å². The largest absolute Gasteiger partial charge is 0.485 e. The SMILES string of the molecule is COc1sc(N)nc1C(=O)NC1CCC(=O)NC1=O.Cl. The molecule has 0 saturated carbocycles. The van der Waals surface area contributed by atoms with Crippen LogP contribution in [0.15, 0.2) is 0 Å². The van der Waals surface area contributed by atoms with E-state index in [9.17, 15) is 14.4 Å². The van der Waals surface area contributed by atoms with Crippen LogP contribution in [0.1, 0.15) is 23.3 Å². The van der Waals surface area contributed by atoms with E-state index in [1.54, 1.807) is 0 Å². The number of carbonyl (C=O) groups excluding carboxylic acids is 3. The molecule has 110 valence electrons.